The van der Waals surface area contributed by atoms with Gasteiger partial charge < -0.3 is 15.2 Å². The van der Waals surface area contributed by atoms with Crippen LogP contribution in [0.25, 0.3) is 0 Å². The Balaban J connectivity index is 2.63. The number of nitrogens with two attached hydrogens (primary N) is 1. The maximum Gasteiger partial charge on any atom is 0.411 e. The number of benzene rings is 1. The summed E-state index contributed by atoms with van der Waals surface area (Å²) in [5.74, 6) is -0.247. The van der Waals surface area contributed by atoms with Crippen LogP contribution in [0, 0.1) is 5.41 Å². The molecule has 18 heavy (non-hydrogen) atoms. The van der Waals surface area contributed by atoms with E-state index in [2.05, 4.69) is 4.74 Å². The molecule has 100 valence electrons. The summed E-state index contributed by atoms with van der Waals surface area (Å²) in [4.78, 5) is 0. The van der Waals surface area contributed by atoms with Crippen molar-refractivity contribution < 1.29 is 22.6 Å². The van der Waals surface area contributed by atoms with Crippen molar-refractivity contribution in [2.24, 2.45) is 5.73 Å². The van der Waals surface area contributed by atoms with E-state index in [9.17, 15) is 13.2 Å². The van der Waals surface area contributed by atoms with Gasteiger partial charge in [-0.15, -0.1) is 0 Å². The molecule has 1 rings (SSSR count). The molecule has 1 aromatic carbocycles. The van der Waals surface area contributed by atoms with Gasteiger partial charge in [0.15, 0.2) is 6.79 Å². The van der Waals surface area contributed by atoms with E-state index in [4.69, 9.17) is 27.5 Å². The largest absolute Gasteiger partial charge is 0.467 e. The molecule has 0 heterocycles. The van der Waals surface area contributed by atoms with Gasteiger partial charge in [0, 0.05) is 0 Å². The summed E-state index contributed by atoms with van der Waals surface area (Å²) >= 11 is 5.79. The van der Waals surface area contributed by atoms with Gasteiger partial charge in [-0.3, -0.25) is 5.41 Å². The molecular weight excluding hydrogens is 273 g/mol. The quantitative estimate of drug-likeness (QED) is 0.377. The number of rotatable bonds is 5. The van der Waals surface area contributed by atoms with Crippen molar-refractivity contribution in [2.75, 3.05) is 13.4 Å². The Morgan fingerprint density at radius 1 is 1.39 bits per heavy atom. The van der Waals surface area contributed by atoms with Gasteiger partial charge in [-0.25, -0.2) is 0 Å². The predicted molar refractivity (Wildman–Crippen MR) is 60.0 cm³/mol. The van der Waals surface area contributed by atoms with Gasteiger partial charge in [-0.2, -0.15) is 13.2 Å². The zero-order valence-electron chi connectivity index (χ0n) is 9.05. The van der Waals surface area contributed by atoms with E-state index >= 15 is 0 Å². The average molecular weight is 283 g/mol. The molecule has 0 saturated carbocycles. The smallest absolute Gasteiger partial charge is 0.411 e. The standard InChI is InChI=1S/C10H10ClF3N2O2/c11-6-2-1-3-7(8(6)9(15)16)18-5-17-4-10(12,13)14/h1-3H,4-5H2,(H3,15,16). The highest BCUT2D eigenvalue weighted by molar-refractivity contribution is 6.34. The number of amidine groups is 1. The van der Waals surface area contributed by atoms with E-state index in [-0.39, 0.29) is 22.2 Å². The van der Waals surface area contributed by atoms with Crippen LogP contribution in [0.1, 0.15) is 5.56 Å². The second kappa shape index (κ2) is 5.92. The van der Waals surface area contributed by atoms with Crippen molar-refractivity contribution in [2.45, 2.75) is 6.18 Å². The first kappa shape index (κ1) is 14.6. The SMILES string of the molecule is N=C(N)c1c(Cl)cccc1OCOCC(F)(F)F. The van der Waals surface area contributed by atoms with Gasteiger partial charge in [0.2, 0.25) is 0 Å². The molecule has 0 aliphatic carbocycles. The number of hydrogen-bond donors (Lipinski definition) is 2. The maximum atomic E-state index is 11.8. The van der Waals surface area contributed by atoms with E-state index in [0.29, 0.717) is 0 Å². The van der Waals surface area contributed by atoms with Crippen molar-refractivity contribution in [1.82, 2.24) is 0 Å². The molecule has 8 heteroatoms. The topological polar surface area (TPSA) is 68.3 Å². The fourth-order valence-electron chi connectivity index (χ4n) is 1.15. The fraction of sp³-hybridized carbons (Fsp3) is 0.300. The van der Waals surface area contributed by atoms with Gasteiger partial charge in [-0.05, 0) is 12.1 Å². The summed E-state index contributed by atoms with van der Waals surface area (Å²) in [5.41, 5.74) is 5.41. The normalized spacial score (nSPS) is 11.3. The zero-order valence-corrected chi connectivity index (χ0v) is 9.81. The lowest BCUT2D eigenvalue weighted by molar-refractivity contribution is -0.186. The van der Waals surface area contributed by atoms with E-state index in [0.717, 1.165) is 0 Å². The highest BCUT2D eigenvalue weighted by Crippen LogP contribution is 2.26. The monoisotopic (exact) mass is 282 g/mol. The van der Waals surface area contributed by atoms with Crippen LogP contribution in [0.15, 0.2) is 18.2 Å². The van der Waals surface area contributed by atoms with Crippen LogP contribution in [0.4, 0.5) is 13.2 Å². The van der Waals surface area contributed by atoms with Crippen LogP contribution in [0.5, 0.6) is 5.75 Å². The second-order valence-corrected chi connectivity index (χ2v) is 3.66. The summed E-state index contributed by atoms with van der Waals surface area (Å²) in [6, 6.07) is 4.44. The van der Waals surface area contributed by atoms with Crippen LogP contribution in [0.3, 0.4) is 0 Å². The van der Waals surface area contributed by atoms with Gasteiger partial charge in [0.05, 0.1) is 10.6 Å². The van der Waals surface area contributed by atoms with E-state index in [1.54, 1.807) is 0 Å². The van der Waals surface area contributed by atoms with E-state index in [1.165, 1.54) is 18.2 Å². The summed E-state index contributed by atoms with van der Waals surface area (Å²) in [6.45, 7) is -2.02. The van der Waals surface area contributed by atoms with Crippen LogP contribution >= 0.6 is 11.6 Å². The Kier molecular flexibility index (Phi) is 4.80. The summed E-state index contributed by atoms with van der Waals surface area (Å²) < 4.78 is 44.6. The van der Waals surface area contributed by atoms with Crippen molar-refractivity contribution in [1.29, 1.82) is 5.41 Å². The first-order valence-corrected chi connectivity index (χ1v) is 5.09. The molecule has 0 aliphatic rings. The number of halogens is 4. The molecule has 0 aromatic heterocycles. The second-order valence-electron chi connectivity index (χ2n) is 3.25. The number of nitrogen functional groups attached to an aromatic ring is 1. The minimum Gasteiger partial charge on any atom is -0.467 e. The molecule has 0 unspecified atom stereocenters. The molecule has 0 bridgehead atoms. The molecule has 1 aromatic rings. The highest BCUT2D eigenvalue weighted by Gasteiger charge is 2.27. The van der Waals surface area contributed by atoms with E-state index in [1.807, 2.05) is 0 Å². The fourth-order valence-corrected chi connectivity index (χ4v) is 1.42. The van der Waals surface area contributed by atoms with Crippen LogP contribution in [0.2, 0.25) is 5.02 Å². The summed E-state index contributed by atoms with van der Waals surface area (Å²) in [7, 11) is 0. The van der Waals surface area contributed by atoms with Crippen molar-refractivity contribution >= 4 is 17.4 Å². The molecule has 0 aliphatic heterocycles. The third kappa shape index (κ3) is 4.42. The summed E-state index contributed by atoms with van der Waals surface area (Å²) in [6.07, 6.45) is -4.42. The lowest BCUT2D eigenvalue weighted by Crippen LogP contribution is -2.20. The minimum absolute atomic E-state index is 0.0946. The molecule has 0 amide bonds. The highest BCUT2D eigenvalue weighted by atomic mass is 35.5. The van der Waals surface area contributed by atoms with Crippen LogP contribution < -0.4 is 10.5 Å². The Bertz CT molecular complexity index is 438. The number of nitrogens with one attached hydrogen (secondary N) is 1. The number of ether oxygens (including phenoxy) is 2. The van der Waals surface area contributed by atoms with Crippen LogP contribution in [-0.4, -0.2) is 25.4 Å². The first-order chi connectivity index (χ1) is 8.31. The average Bonchev–Trinajstić information content (AvgIpc) is 2.22. The van der Waals surface area contributed by atoms with Gasteiger partial charge in [-0.1, -0.05) is 17.7 Å². The minimum atomic E-state index is -4.42. The molecule has 0 saturated heterocycles. The molecule has 4 nitrogen and oxygen atoms in total. The first-order valence-electron chi connectivity index (χ1n) is 4.71. The van der Waals surface area contributed by atoms with Crippen molar-refractivity contribution in [3.05, 3.63) is 28.8 Å². The Labute approximate surface area is 106 Å². The molecule has 0 radical (unpaired) electrons. The Morgan fingerprint density at radius 3 is 2.61 bits per heavy atom. The van der Waals surface area contributed by atoms with Gasteiger partial charge >= 0.3 is 6.18 Å². The zero-order chi connectivity index (χ0) is 13.8. The molecule has 0 spiro atoms. The maximum absolute atomic E-state index is 11.8. The number of hydrogen-bond acceptors (Lipinski definition) is 3. The summed E-state index contributed by atoms with van der Waals surface area (Å²) in [5, 5.41) is 7.47. The number of alkyl halides is 3. The third-order valence-electron chi connectivity index (χ3n) is 1.81. The third-order valence-corrected chi connectivity index (χ3v) is 2.12. The van der Waals surface area contributed by atoms with Crippen LogP contribution in [-0.2, 0) is 4.74 Å². The Hall–Kier alpha value is -1.47. The van der Waals surface area contributed by atoms with Gasteiger partial charge in [0.25, 0.3) is 0 Å². The molecule has 0 atom stereocenters. The molecular formula is C10H10ClF3N2O2. The van der Waals surface area contributed by atoms with Crippen molar-refractivity contribution in [3.8, 4) is 5.75 Å². The lowest BCUT2D eigenvalue weighted by Gasteiger charge is -2.12. The van der Waals surface area contributed by atoms with Crippen molar-refractivity contribution in [3.63, 3.8) is 0 Å². The van der Waals surface area contributed by atoms with E-state index < -0.39 is 19.6 Å². The lowest BCUT2D eigenvalue weighted by atomic mass is 10.2. The van der Waals surface area contributed by atoms with Gasteiger partial charge in [0.1, 0.15) is 18.2 Å². The molecule has 3 N–H and O–H groups in total. The molecule has 0 fully saturated rings. The Morgan fingerprint density at radius 2 is 2.06 bits per heavy atom. The predicted octanol–water partition coefficient (Wildman–Crippen LogP) is 2.54.